The number of likely N-dealkylation sites (N-methyl/N-ethyl adjacent to an activating group) is 1. The van der Waals surface area contributed by atoms with E-state index in [2.05, 4.69) is 38.1 Å². The van der Waals surface area contributed by atoms with Gasteiger partial charge in [-0.15, -0.1) is 11.3 Å². The van der Waals surface area contributed by atoms with Gasteiger partial charge < -0.3 is 0 Å². The van der Waals surface area contributed by atoms with Crippen molar-refractivity contribution in [1.82, 2.24) is 4.90 Å². The fourth-order valence-corrected chi connectivity index (χ4v) is 3.65. The number of carbonyl (C=O) groups excluding carboxylic acids is 1. The Bertz CT molecular complexity index is 376. The van der Waals surface area contributed by atoms with Crippen molar-refractivity contribution in [2.24, 2.45) is 0 Å². The van der Waals surface area contributed by atoms with E-state index in [0.717, 1.165) is 23.5 Å². The number of thioether (sulfide) groups is 1. The van der Waals surface area contributed by atoms with Crippen LogP contribution in [0.1, 0.15) is 34.8 Å². The topological polar surface area (TPSA) is 20.3 Å². The molecule has 0 aliphatic heterocycles. The van der Waals surface area contributed by atoms with Crippen LogP contribution in [-0.4, -0.2) is 42.3 Å². The maximum atomic E-state index is 12.2. The van der Waals surface area contributed by atoms with E-state index in [0.29, 0.717) is 12.6 Å². The molecule has 1 atom stereocenters. The van der Waals surface area contributed by atoms with Gasteiger partial charge in [0.2, 0.25) is 0 Å². The second-order valence-corrected chi connectivity index (χ2v) is 6.55. The third kappa shape index (κ3) is 4.41. The maximum Gasteiger partial charge on any atom is 0.186 e. The van der Waals surface area contributed by atoms with Crippen molar-refractivity contribution in [2.45, 2.75) is 32.7 Å². The van der Waals surface area contributed by atoms with Crippen LogP contribution >= 0.6 is 23.1 Å². The quantitative estimate of drug-likeness (QED) is 0.681. The van der Waals surface area contributed by atoms with Gasteiger partial charge in [0.05, 0.1) is 11.4 Å². The molecule has 0 radical (unpaired) electrons. The minimum absolute atomic E-state index is 0.252. The Kier molecular flexibility index (Phi) is 6.97. The van der Waals surface area contributed by atoms with E-state index < -0.39 is 0 Å². The SMILES string of the molecule is CCc1ccc(C(=O)CN(C)C(CC)CSC)s1. The van der Waals surface area contributed by atoms with E-state index in [1.54, 1.807) is 11.3 Å². The second-order valence-electron chi connectivity index (χ2n) is 4.48. The Morgan fingerprint density at radius 3 is 2.67 bits per heavy atom. The summed E-state index contributed by atoms with van der Waals surface area (Å²) in [7, 11) is 2.05. The molecule has 0 saturated carbocycles. The first-order chi connectivity index (χ1) is 8.62. The molecule has 1 aromatic rings. The third-order valence-electron chi connectivity index (χ3n) is 3.13. The number of Topliss-reactive ketones (excluding diaryl/α,β-unsaturated/α-hetero) is 1. The predicted octanol–water partition coefficient (Wildman–Crippen LogP) is 3.57. The summed E-state index contributed by atoms with van der Waals surface area (Å²) in [5.74, 6) is 1.34. The van der Waals surface area contributed by atoms with Gasteiger partial charge in [-0.1, -0.05) is 13.8 Å². The highest BCUT2D eigenvalue weighted by Crippen LogP contribution is 2.18. The molecule has 0 aliphatic rings. The highest BCUT2D eigenvalue weighted by molar-refractivity contribution is 7.98. The first-order valence-corrected chi connectivity index (χ1v) is 8.64. The number of aryl methyl sites for hydroxylation is 1. The summed E-state index contributed by atoms with van der Waals surface area (Å²) in [5.41, 5.74) is 0. The lowest BCUT2D eigenvalue weighted by Crippen LogP contribution is -2.37. The summed E-state index contributed by atoms with van der Waals surface area (Å²) < 4.78 is 0. The van der Waals surface area contributed by atoms with Gasteiger partial charge in [0.15, 0.2) is 5.78 Å². The zero-order valence-corrected chi connectivity index (χ0v) is 13.4. The van der Waals surface area contributed by atoms with E-state index in [9.17, 15) is 4.79 Å². The molecule has 1 rings (SSSR count). The number of thiophene rings is 1. The number of ketones is 1. The summed E-state index contributed by atoms with van der Waals surface area (Å²) >= 11 is 3.48. The van der Waals surface area contributed by atoms with Crippen molar-refractivity contribution in [1.29, 1.82) is 0 Å². The molecule has 0 aliphatic carbocycles. The lowest BCUT2D eigenvalue weighted by molar-refractivity contribution is 0.0929. The first-order valence-electron chi connectivity index (χ1n) is 6.43. The van der Waals surface area contributed by atoms with Gasteiger partial charge in [0.25, 0.3) is 0 Å². The van der Waals surface area contributed by atoms with E-state index in [1.807, 2.05) is 17.8 Å². The molecule has 102 valence electrons. The molecule has 2 nitrogen and oxygen atoms in total. The molecule has 0 saturated heterocycles. The predicted molar refractivity (Wildman–Crippen MR) is 83.1 cm³/mol. The van der Waals surface area contributed by atoms with E-state index in [1.165, 1.54) is 4.88 Å². The van der Waals surface area contributed by atoms with Crippen LogP contribution in [0.5, 0.6) is 0 Å². The Morgan fingerprint density at radius 1 is 1.44 bits per heavy atom. The van der Waals surface area contributed by atoms with Crippen molar-refractivity contribution in [2.75, 3.05) is 25.6 Å². The molecule has 0 bridgehead atoms. The second kappa shape index (κ2) is 7.97. The molecule has 0 spiro atoms. The number of hydrogen-bond donors (Lipinski definition) is 0. The first kappa shape index (κ1) is 15.7. The Morgan fingerprint density at radius 2 is 2.17 bits per heavy atom. The zero-order chi connectivity index (χ0) is 13.5. The van der Waals surface area contributed by atoms with Crippen molar-refractivity contribution >= 4 is 28.9 Å². The standard InChI is InChI=1S/C14H23NOS2/c1-5-11(10-17-4)15(3)9-13(16)14-8-7-12(6-2)18-14/h7-8,11H,5-6,9-10H2,1-4H3. The van der Waals surface area contributed by atoms with Gasteiger partial charge in [-0.2, -0.15) is 11.8 Å². The molecular weight excluding hydrogens is 262 g/mol. The molecule has 1 unspecified atom stereocenters. The third-order valence-corrected chi connectivity index (χ3v) is 5.12. The summed E-state index contributed by atoms with van der Waals surface area (Å²) in [6.45, 7) is 4.84. The summed E-state index contributed by atoms with van der Waals surface area (Å²) in [6, 6.07) is 4.53. The average Bonchev–Trinajstić information content (AvgIpc) is 2.84. The van der Waals surface area contributed by atoms with Crippen LogP contribution in [0.4, 0.5) is 0 Å². The van der Waals surface area contributed by atoms with E-state index in [-0.39, 0.29) is 5.78 Å². The van der Waals surface area contributed by atoms with E-state index >= 15 is 0 Å². The zero-order valence-electron chi connectivity index (χ0n) is 11.7. The minimum Gasteiger partial charge on any atom is -0.295 e. The molecule has 0 fully saturated rings. The summed E-state index contributed by atoms with van der Waals surface area (Å²) in [5, 5.41) is 0. The molecule has 1 heterocycles. The molecule has 0 N–H and O–H groups in total. The lowest BCUT2D eigenvalue weighted by Gasteiger charge is -2.25. The molecule has 1 aromatic heterocycles. The van der Waals surface area contributed by atoms with Gasteiger partial charge in [0.1, 0.15) is 0 Å². The number of rotatable bonds is 8. The van der Waals surface area contributed by atoms with Crippen LogP contribution < -0.4 is 0 Å². The van der Waals surface area contributed by atoms with Crippen LogP contribution in [-0.2, 0) is 6.42 Å². The van der Waals surface area contributed by atoms with Crippen LogP contribution in [0.25, 0.3) is 0 Å². The minimum atomic E-state index is 0.252. The van der Waals surface area contributed by atoms with Gasteiger partial charge in [-0.3, -0.25) is 9.69 Å². The van der Waals surface area contributed by atoms with Gasteiger partial charge in [-0.05, 0) is 38.3 Å². The number of carbonyl (C=O) groups is 1. The largest absolute Gasteiger partial charge is 0.295 e. The van der Waals surface area contributed by atoms with Crippen LogP contribution in [0.3, 0.4) is 0 Å². The molecule has 0 aromatic carbocycles. The van der Waals surface area contributed by atoms with Crippen molar-refractivity contribution in [3.8, 4) is 0 Å². The Labute approximate surface area is 119 Å². The van der Waals surface area contributed by atoms with Crippen LogP contribution in [0.15, 0.2) is 12.1 Å². The Hall–Kier alpha value is -0.320. The van der Waals surface area contributed by atoms with Crippen molar-refractivity contribution in [3.63, 3.8) is 0 Å². The normalized spacial score (nSPS) is 12.9. The molecule has 18 heavy (non-hydrogen) atoms. The number of nitrogens with zero attached hydrogens (tertiary/aromatic N) is 1. The van der Waals surface area contributed by atoms with Crippen molar-refractivity contribution < 1.29 is 4.79 Å². The monoisotopic (exact) mass is 285 g/mol. The van der Waals surface area contributed by atoms with Crippen LogP contribution in [0, 0.1) is 0 Å². The highest BCUT2D eigenvalue weighted by Gasteiger charge is 2.17. The lowest BCUT2D eigenvalue weighted by atomic mass is 10.2. The molecule has 4 heteroatoms. The van der Waals surface area contributed by atoms with E-state index in [4.69, 9.17) is 0 Å². The maximum absolute atomic E-state index is 12.2. The van der Waals surface area contributed by atoms with Gasteiger partial charge >= 0.3 is 0 Å². The average molecular weight is 285 g/mol. The van der Waals surface area contributed by atoms with Crippen LogP contribution in [0.2, 0.25) is 0 Å². The van der Waals surface area contributed by atoms with Gasteiger partial charge in [0, 0.05) is 16.7 Å². The molecular formula is C14H23NOS2. The number of hydrogen-bond acceptors (Lipinski definition) is 4. The fourth-order valence-electron chi connectivity index (χ4n) is 1.90. The van der Waals surface area contributed by atoms with Gasteiger partial charge in [-0.25, -0.2) is 0 Å². The van der Waals surface area contributed by atoms with Crippen molar-refractivity contribution in [3.05, 3.63) is 21.9 Å². The summed E-state index contributed by atoms with van der Waals surface area (Å²) in [6.07, 6.45) is 4.22. The molecule has 0 amide bonds. The summed E-state index contributed by atoms with van der Waals surface area (Å²) in [4.78, 5) is 16.5. The highest BCUT2D eigenvalue weighted by atomic mass is 32.2. The smallest absolute Gasteiger partial charge is 0.186 e. The Balaban J connectivity index is 2.57. The fraction of sp³-hybridized carbons (Fsp3) is 0.643.